The van der Waals surface area contributed by atoms with E-state index >= 15 is 4.39 Å². The number of halogens is 2. The first-order valence-electron chi connectivity index (χ1n) is 13.1. The van der Waals surface area contributed by atoms with Crippen LogP contribution in [0.1, 0.15) is 57.0 Å². The summed E-state index contributed by atoms with van der Waals surface area (Å²) < 4.78 is 49.5. The van der Waals surface area contributed by atoms with Gasteiger partial charge in [0.05, 0.1) is 38.7 Å². The van der Waals surface area contributed by atoms with Crippen molar-refractivity contribution in [2.45, 2.75) is 59.8 Å². The lowest BCUT2D eigenvalue weighted by molar-refractivity contribution is -0.634. The number of carbonyl (C=O) groups excluding carboxylic acids is 1. The first-order chi connectivity index (χ1) is 17.6. The summed E-state index contributed by atoms with van der Waals surface area (Å²) >= 11 is 0. The van der Waals surface area contributed by atoms with Gasteiger partial charge in [0.2, 0.25) is 18.3 Å². The third-order valence-corrected chi connectivity index (χ3v) is 6.47. The number of aryl methyl sites for hydroxylation is 2. The molecule has 0 bridgehead atoms. The van der Waals surface area contributed by atoms with Gasteiger partial charge in [0.25, 0.3) is 0 Å². The fourth-order valence-electron chi connectivity index (χ4n) is 4.55. The predicted octanol–water partition coefficient (Wildman–Crippen LogP) is 4.41. The van der Waals surface area contributed by atoms with Gasteiger partial charge in [0, 0.05) is 49.9 Å². The van der Waals surface area contributed by atoms with E-state index in [0.717, 1.165) is 18.6 Å². The van der Waals surface area contributed by atoms with Gasteiger partial charge in [-0.3, -0.25) is 9.36 Å². The number of rotatable bonds is 15. The number of alkyl halides is 2. The third-order valence-electron chi connectivity index (χ3n) is 6.47. The van der Waals surface area contributed by atoms with E-state index in [9.17, 15) is 9.18 Å². The highest BCUT2D eigenvalue weighted by molar-refractivity contribution is 5.96. The molecule has 9 heteroatoms. The van der Waals surface area contributed by atoms with Crippen molar-refractivity contribution in [2.24, 2.45) is 5.41 Å². The molecule has 3 rings (SSSR count). The van der Waals surface area contributed by atoms with Crippen LogP contribution in [0.3, 0.4) is 0 Å². The topological polar surface area (TPSA) is 64.7 Å². The Morgan fingerprint density at radius 2 is 1.70 bits per heavy atom. The normalized spacial score (nSPS) is 18.7. The van der Waals surface area contributed by atoms with Crippen LogP contribution in [0.2, 0.25) is 0 Å². The van der Waals surface area contributed by atoms with Gasteiger partial charge < -0.3 is 19.5 Å². The molecule has 1 aromatic rings. The highest BCUT2D eigenvalue weighted by Crippen LogP contribution is 2.38. The molecule has 0 spiro atoms. The third kappa shape index (κ3) is 7.58. The van der Waals surface area contributed by atoms with Crippen molar-refractivity contribution in [3.05, 3.63) is 40.9 Å². The molecule has 1 aromatic heterocycles. The second-order valence-corrected chi connectivity index (χ2v) is 10.8. The molecule has 0 aromatic carbocycles. The van der Waals surface area contributed by atoms with Crippen LogP contribution in [-0.2, 0) is 24.9 Å². The van der Waals surface area contributed by atoms with Gasteiger partial charge in [0.15, 0.2) is 5.71 Å². The zero-order valence-corrected chi connectivity index (χ0v) is 22.9. The summed E-state index contributed by atoms with van der Waals surface area (Å²) in [6, 6.07) is 1.85. The number of nitrogens with one attached hydrogen (secondary N) is 1. The lowest BCUT2D eigenvalue weighted by Crippen LogP contribution is -2.47. The molecule has 1 unspecified atom stereocenters. The summed E-state index contributed by atoms with van der Waals surface area (Å²) in [7, 11) is 0. The molecule has 0 saturated heterocycles. The Labute approximate surface area is 219 Å². The number of allylic oxidation sites excluding steroid dienone is 2. The first kappa shape index (κ1) is 29.2. The van der Waals surface area contributed by atoms with E-state index in [1.807, 2.05) is 19.1 Å². The molecule has 2 aliphatic heterocycles. The van der Waals surface area contributed by atoms with Gasteiger partial charge in [0.1, 0.15) is 0 Å². The lowest BCUT2D eigenvalue weighted by atomic mass is 9.93. The van der Waals surface area contributed by atoms with Crippen LogP contribution in [0.25, 0.3) is 6.08 Å². The number of carbonyl (C=O) groups is 1. The van der Waals surface area contributed by atoms with Gasteiger partial charge in [-0.2, -0.15) is 0 Å². The number of hydrogen-bond acceptors (Lipinski definition) is 4. The molecule has 3 heterocycles. The van der Waals surface area contributed by atoms with E-state index in [1.54, 1.807) is 19.1 Å². The summed E-state index contributed by atoms with van der Waals surface area (Å²) in [4.78, 5) is 12.3. The maximum absolute atomic E-state index is 16.1. The number of ether oxygens (including phenoxy) is 3. The highest BCUT2D eigenvalue weighted by atomic mass is 19.2. The van der Waals surface area contributed by atoms with E-state index in [1.165, 1.54) is 9.14 Å². The average molecular weight is 523 g/mol. The highest BCUT2D eigenvalue weighted by Gasteiger charge is 2.53. The summed E-state index contributed by atoms with van der Waals surface area (Å²) in [5.41, 5.74) is 3.66. The molecule has 2 aliphatic rings. The molecular weight excluding hydrogens is 480 g/mol. The summed E-state index contributed by atoms with van der Waals surface area (Å²) in [5.74, 6) is -2.51. The standard InChI is InChI=1S/C28H41F2N3O4/c1-21-18-22(2)32-25(21)19-24-7-6-23(33(24)28(32,30)20-29)8-9-26(34)31-11-13-36-15-17-37-16-14-35-12-10-27(3,4)5/h6-7,18-19H,8-17,20H2,1-5H3/p+1. The minimum Gasteiger partial charge on any atom is -0.379 e. The SMILES string of the molecule is Cc1cc(C)n2c1C=C1C=CC(CCC(=O)NCCOCCOCCOCCC(C)(C)C)=[N+]1C2(F)CF. The molecule has 1 N–H and O–H groups in total. The predicted molar refractivity (Wildman–Crippen MR) is 140 cm³/mol. The Kier molecular flexibility index (Phi) is 10.2. The number of fused-ring (bicyclic) bond motifs is 2. The van der Waals surface area contributed by atoms with E-state index in [2.05, 4.69) is 26.1 Å². The summed E-state index contributed by atoms with van der Waals surface area (Å²) in [6.07, 6.45) is 6.87. The van der Waals surface area contributed by atoms with Crippen molar-refractivity contribution >= 4 is 17.7 Å². The first-order valence-corrected chi connectivity index (χ1v) is 13.1. The Hall–Kier alpha value is -2.36. The molecule has 0 radical (unpaired) electrons. The molecule has 1 atom stereocenters. The second-order valence-electron chi connectivity index (χ2n) is 10.8. The van der Waals surface area contributed by atoms with Crippen molar-refractivity contribution in [3.63, 3.8) is 0 Å². The summed E-state index contributed by atoms with van der Waals surface area (Å²) in [5, 5.41) is 2.81. The minimum absolute atomic E-state index is 0.166. The van der Waals surface area contributed by atoms with Crippen molar-refractivity contribution in [1.82, 2.24) is 9.88 Å². The lowest BCUT2D eigenvalue weighted by Gasteiger charge is -2.28. The van der Waals surface area contributed by atoms with Crippen LogP contribution in [0, 0.1) is 19.3 Å². The largest absolute Gasteiger partial charge is 0.426 e. The molecule has 0 saturated carbocycles. The Balaban J connectivity index is 1.34. The van der Waals surface area contributed by atoms with Crippen LogP contribution in [0.4, 0.5) is 8.78 Å². The molecular formula is C28H42F2N3O4+. The summed E-state index contributed by atoms with van der Waals surface area (Å²) in [6.45, 7) is 12.5. The Morgan fingerprint density at radius 3 is 2.35 bits per heavy atom. The molecule has 7 nitrogen and oxygen atoms in total. The van der Waals surface area contributed by atoms with Crippen molar-refractivity contribution < 1.29 is 32.4 Å². The Bertz CT molecular complexity index is 1040. The quantitative estimate of drug-likeness (QED) is 0.211. The maximum Gasteiger partial charge on any atom is 0.426 e. The van der Waals surface area contributed by atoms with E-state index < -0.39 is 12.6 Å². The number of hydrogen-bond donors (Lipinski definition) is 1. The second kappa shape index (κ2) is 12.9. The van der Waals surface area contributed by atoms with Crippen LogP contribution in [0.5, 0.6) is 0 Å². The van der Waals surface area contributed by atoms with Crippen LogP contribution >= 0.6 is 0 Å². The zero-order chi connectivity index (χ0) is 27.1. The average Bonchev–Trinajstić information content (AvgIpc) is 3.38. The minimum atomic E-state index is -2.35. The molecule has 206 valence electrons. The van der Waals surface area contributed by atoms with Gasteiger partial charge in [-0.15, -0.1) is 8.97 Å². The maximum atomic E-state index is 16.1. The monoisotopic (exact) mass is 522 g/mol. The molecule has 0 aliphatic carbocycles. The molecule has 1 amide bonds. The number of aromatic nitrogens is 1. The van der Waals surface area contributed by atoms with Gasteiger partial charge >= 0.3 is 5.92 Å². The zero-order valence-electron chi connectivity index (χ0n) is 22.9. The van der Waals surface area contributed by atoms with E-state index in [-0.39, 0.29) is 17.7 Å². The van der Waals surface area contributed by atoms with Crippen molar-refractivity contribution in [2.75, 3.05) is 52.9 Å². The van der Waals surface area contributed by atoms with Crippen LogP contribution in [-0.4, -0.2) is 73.6 Å². The smallest absolute Gasteiger partial charge is 0.379 e. The van der Waals surface area contributed by atoms with Crippen LogP contribution in [0.15, 0.2) is 23.9 Å². The number of nitrogens with zero attached hydrogens (tertiary/aromatic N) is 2. The fraction of sp³-hybridized carbons (Fsp3) is 0.643. The Morgan fingerprint density at radius 1 is 1.05 bits per heavy atom. The van der Waals surface area contributed by atoms with E-state index in [0.29, 0.717) is 68.8 Å². The molecule has 37 heavy (non-hydrogen) atoms. The van der Waals surface area contributed by atoms with Crippen LogP contribution < -0.4 is 5.32 Å². The van der Waals surface area contributed by atoms with Crippen molar-refractivity contribution in [3.8, 4) is 0 Å². The van der Waals surface area contributed by atoms with Gasteiger partial charge in [-0.25, -0.2) is 4.39 Å². The van der Waals surface area contributed by atoms with Gasteiger partial charge in [-0.1, -0.05) is 20.8 Å². The fourth-order valence-corrected chi connectivity index (χ4v) is 4.55. The number of amides is 1. The van der Waals surface area contributed by atoms with Gasteiger partial charge in [-0.05, 0) is 37.3 Å². The molecule has 0 fully saturated rings. The van der Waals surface area contributed by atoms with E-state index in [4.69, 9.17) is 14.2 Å². The van der Waals surface area contributed by atoms with Crippen molar-refractivity contribution in [1.29, 1.82) is 0 Å².